The minimum absolute atomic E-state index is 1.21. The van der Waals surface area contributed by atoms with Crippen LogP contribution in [-0.2, 0) is 7.05 Å². The van der Waals surface area contributed by atoms with E-state index < -0.39 is 0 Å². The number of nitrogens with zero attached hydrogens (tertiary/aromatic N) is 1. The Morgan fingerprint density at radius 2 is 1.12 bits per heavy atom. The van der Waals surface area contributed by atoms with Gasteiger partial charge in [0.1, 0.15) is 0 Å². The van der Waals surface area contributed by atoms with Gasteiger partial charge < -0.3 is 14.5 Å². The van der Waals surface area contributed by atoms with Crippen LogP contribution in [0.4, 0.5) is 0 Å². The first-order chi connectivity index (χ1) is 12.6. The molecule has 2 N–H and O–H groups in total. The van der Waals surface area contributed by atoms with Crippen LogP contribution in [0.5, 0.6) is 0 Å². The van der Waals surface area contributed by atoms with Gasteiger partial charge in [0.15, 0.2) is 0 Å². The molecule has 0 amide bonds. The summed E-state index contributed by atoms with van der Waals surface area (Å²) >= 11 is 0. The first kappa shape index (κ1) is 15.1. The molecule has 128 valence electrons. The molecule has 5 aromatic rings. The Kier molecular flexibility index (Phi) is 3.13. The summed E-state index contributed by atoms with van der Waals surface area (Å²) in [7, 11) is 2.09. The summed E-state index contributed by atoms with van der Waals surface area (Å²) in [6.07, 6.45) is 8.71. The summed E-state index contributed by atoms with van der Waals surface area (Å²) in [5.41, 5.74) is 9.99. The minimum atomic E-state index is 1.21. The van der Waals surface area contributed by atoms with Crippen LogP contribution < -0.4 is 0 Å². The largest absolute Gasteiger partial charge is 0.360 e. The van der Waals surface area contributed by atoms with E-state index in [0.29, 0.717) is 0 Å². The fourth-order valence-corrected chi connectivity index (χ4v) is 4.07. The van der Waals surface area contributed by atoms with Gasteiger partial charge in [0, 0.05) is 75.9 Å². The minimum Gasteiger partial charge on any atom is -0.360 e. The molecule has 0 atom stereocenters. The smallest absolute Gasteiger partial charge is 0.0490 e. The third-order valence-corrected chi connectivity index (χ3v) is 5.38. The Morgan fingerprint density at radius 3 is 1.58 bits per heavy atom. The lowest BCUT2D eigenvalue weighted by atomic mass is 9.97. The highest BCUT2D eigenvalue weighted by Gasteiger charge is 2.17. The molecule has 0 radical (unpaired) electrons. The number of fused-ring (bicyclic) bond motifs is 2. The van der Waals surface area contributed by atoms with Gasteiger partial charge in [0.25, 0.3) is 0 Å². The molecule has 3 nitrogen and oxygen atoms in total. The average Bonchev–Trinajstić information content (AvgIpc) is 3.31. The number of aromatic amines is 2. The summed E-state index contributed by atoms with van der Waals surface area (Å²) < 4.78 is 2.15. The number of rotatable bonds is 2. The number of H-pyrrole nitrogens is 2. The summed E-state index contributed by atoms with van der Waals surface area (Å²) in [5, 5.41) is 2.54. The predicted octanol–water partition coefficient (Wildman–Crippen LogP) is 5.94. The Morgan fingerprint density at radius 1 is 0.654 bits per heavy atom. The SMILES string of the molecule is Cc1cccc2c(-c3cn(C)cc3-c3c[nH]c4c(C)cccc34)c[nH]c12. The van der Waals surface area contributed by atoms with E-state index in [0.717, 1.165) is 0 Å². The van der Waals surface area contributed by atoms with Crippen LogP contribution in [0.1, 0.15) is 11.1 Å². The Bertz CT molecular complexity index is 1170. The van der Waals surface area contributed by atoms with Crippen LogP contribution in [0.2, 0.25) is 0 Å². The van der Waals surface area contributed by atoms with Gasteiger partial charge in [-0.05, 0) is 25.0 Å². The number of nitrogens with one attached hydrogen (secondary N) is 2. The molecule has 3 aromatic heterocycles. The van der Waals surface area contributed by atoms with Crippen LogP contribution >= 0.6 is 0 Å². The van der Waals surface area contributed by atoms with E-state index in [2.05, 4.69) is 96.6 Å². The molecule has 0 aliphatic rings. The highest BCUT2D eigenvalue weighted by atomic mass is 14.9. The van der Waals surface area contributed by atoms with Crippen molar-refractivity contribution >= 4 is 21.8 Å². The van der Waals surface area contributed by atoms with Gasteiger partial charge in [-0.1, -0.05) is 36.4 Å². The van der Waals surface area contributed by atoms with Gasteiger partial charge in [-0.2, -0.15) is 0 Å². The molecular weight excluding hydrogens is 318 g/mol. The van der Waals surface area contributed by atoms with Gasteiger partial charge in [-0.3, -0.25) is 0 Å². The summed E-state index contributed by atoms with van der Waals surface area (Å²) in [5.74, 6) is 0. The van der Waals surface area contributed by atoms with Crippen molar-refractivity contribution in [3.8, 4) is 22.3 Å². The van der Waals surface area contributed by atoms with E-state index in [1.807, 2.05) is 0 Å². The molecule has 2 aromatic carbocycles. The molecule has 0 aliphatic carbocycles. The molecule has 0 saturated carbocycles. The zero-order chi connectivity index (χ0) is 17.8. The van der Waals surface area contributed by atoms with Crippen molar-refractivity contribution in [3.63, 3.8) is 0 Å². The monoisotopic (exact) mass is 339 g/mol. The molecule has 26 heavy (non-hydrogen) atoms. The zero-order valence-electron chi connectivity index (χ0n) is 15.2. The first-order valence-electron chi connectivity index (χ1n) is 8.93. The van der Waals surface area contributed by atoms with Crippen molar-refractivity contribution in [2.75, 3.05) is 0 Å². The molecule has 5 rings (SSSR count). The molecule has 0 fully saturated rings. The summed E-state index contributed by atoms with van der Waals surface area (Å²) in [6, 6.07) is 13.0. The Balaban J connectivity index is 1.80. The maximum atomic E-state index is 3.47. The third-order valence-electron chi connectivity index (χ3n) is 5.38. The van der Waals surface area contributed by atoms with Crippen molar-refractivity contribution in [2.24, 2.45) is 7.05 Å². The second-order valence-electron chi connectivity index (χ2n) is 7.15. The van der Waals surface area contributed by atoms with Crippen molar-refractivity contribution in [1.82, 2.24) is 14.5 Å². The lowest BCUT2D eigenvalue weighted by Crippen LogP contribution is -1.79. The third kappa shape index (κ3) is 2.07. The molecule has 0 saturated heterocycles. The van der Waals surface area contributed by atoms with Gasteiger partial charge in [-0.25, -0.2) is 0 Å². The van der Waals surface area contributed by atoms with E-state index in [9.17, 15) is 0 Å². The predicted molar refractivity (Wildman–Crippen MR) is 109 cm³/mol. The van der Waals surface area contributed by atoms with E-state index in [1.165, 1.54) is 55.2 Å². The van der Waals surface area contributed by atoms with E-state index in [4.69, 9.17) is 0 Å². The van der Waals surface area contributed by atoms with E-state index in [-0.39, 0.29) is 0 Å². The fraction of sp³-hybridized carbons (Fsp3) is 0.130. The highest BCUT2D eigenvalue weighted by molar-refractivity contribution is 6.05. The van der Waals surface area contributed by atoms with Crippen molar-refractivity contribution in [1.29, 1.82) is 0 Å². The topological polar surface area (TPSA) is 36.5 Å². The van der Waals surface area contributed by atoms with Crippen LogP contribution in [0, 0.1) is 13.8 Å². The standard InChI is InChI=1S/C23H21N3/c1-14-6-4-8-16-18(10-24-22(14)16)20-12-26(3)13-21(20)19-11-25-23-15(2)7-5-9-17(19)23/h4-13,24-25H,1-3H3. The van der Waals surface area contributed by atoms with Gasteiger partial charge in [0.2, 0.25) is 0 Å². The van der Waals surface area contributed by atoms with Gasteiger partial charge in [0.05, 0.1) is 0 Å². The van der Waals surface area contributed by atoms with Crippen LogP contribution in [-0.4, -0.2) is 14.5 Å². The van der Waals surface area contributed by atoms with Gasteiger partial charge >= 0.3 is 0 Å². The Hall–Kier alpha value is -3.20. The average molecular weight is 339 g/mol. The lowest BCUT2D eigenvalue weighted by Gasteiger charge is -2.04. The Labute approximate surface area is 152 Å². The summed E-state index contributed by atoms with van der Waals surface area (Å²) in [6.45, 7) is 4.30. The van der Waals surface area contributed by atoms with Crippen LogP contribution in [0.25, 0.3) is 44.1 Å². The molecular formula is C23H21N3. The number of para-hydroxylation sites is 2. The number of aryl methyl sites for hydroxylation is 3. The molecule has 3 heterocycles. The molecule has 0 unspecified atom stereocenters. The van der Waals surface area contributed by atoms with Gasteiger partial charge in [-0.15, -0.1) is 0 Å². The maximum Gasteiger partial charge on any atom is 0.0490 e. The number of hydrogen-bond acceptors (Lipinski definition) is 0. The summed E-state index contributed by atoms with van der Waals surface area (Å²) in [4.78, 5) is 6.93. The molecule has 0 spiro atoms. The highest BCUT2D eigenvalue weighted by Crippen LogP contribution is 2.40. The second-order valence-corrected chi connectivity index (χ2v) is 7.15. The molecule has 0 bridgehead atoms. The lowest BCUT2D eigenvalue weighted by molar-refractivity contribution is 0.929. The van der Waals surface area contributed by atoms with E-state index in [1.54, 1.807) is 0 Å². The normalized spacial score (nSPS) is 11.7. The van der Waals surface area contributed by atoms with Crippen LogP contribution in [0.3, 0.4) is 0 Å². The maximum absolute atomic E-state index is 3.47. The number of aromatic nitrogens is 3. The van der Waals surface area contributed by atoms with E-state index >= 15 is 0 Å². The van der Waals surface area contributed by atoms with Crippen molar-refractivity contribution < 1.29 is 0 Å². The fourth-order valence-electron chi connectivity index (χ4n) is 4.07. The first-order valence-corrected chi connectivity index (χ1v) is 8.93. The zero-order valence-corrected chi connectivity index (χ0v) is 15.2. The van der Waals surface area contributed by atoms with Crippen LogP contribution in [0.15, 0.2) is 61.2 Å². The van der Waals surface area contributed by atoms with Crippen molar-refractivity contribution in [2.45, 2.75) is 13.8 Å². The number of benzene rings is 2. The second kappa shape index (κ2) is 5.40. The number of hydrogen-bond donors (Lipinski definition) is 2. The molecule has 3 heteroatoms. The van der Waals surface area contributed by atoms with Crippen molar-refractivity contribution in [3.05, 3.63) is 72.3 Å². The molecule has 0 aliphatic heterocycles. The quantitative estimate of drug-likeness (QED) is 0.399.